The van der Waals surface area contributed by atoms with E-state index in [0.717, 1.165) is 32.5 Å². The third-order valence-corrected chi connectivity index (χ3v) is 8.05. The lowest BCUT2D eigenvalue weighted by molar-refractivity contribution is -0.119. The summed E-state index contributed by atoms with van der Waals surface area (Å²) < 4.78 is 49.4. The first-order valence-electron chi connectivity index (χ1n) is 12.7. The summed E-state index contributed by atoms with van der Waals surface area (Å²) in [5, 5.41) is 4.09. The summed E-state index contributed by atoms with van der Waals surface area (Å²) in [6, 6.07) is 21.1. The zero-order valence-electron chi connectivity index (χ0n) is 22.8. The van der Waals surface area contributed by atoms with E-state index in [-0.39, 0.29) is 16.4 Å². The number of carbonyl (C=O) groups excluding carboxylic acids is 1. The summed E-state index contributed by atoms with van der Waals surface area (Å²) in [4.78, 5) is 13.1. The van der Waals surface area contributed by atoms with Gasteiger partial charge in [-0.05, 0) is 82.3 Å². The van der Waals surface area contributed by atoms with Crippen molar-refractivity contribution < 1.29 is 22.3 Å². The number of aromatic nitrogens is 1. The molecule has 1 amide bonds. The number of rotatable bonds is 10. The molecule has 8 nitrogen and oxygen atoms in total. The molecule has 0 saturated carbocycles. The first-order chi connectivity index (χ1) is 19.1. The predicted octanol–water partition coefficient (Wildman–Crippen LogP) is 5.29. The van der Waals surface area contributed by atoms with Crippen LogP contribution in [0, 0.1) is 26.6 Å². The van der Waals surface area contributed by atoms with E-state index < -0.39 is 22.5 Å². The Hall–Kier alpha value is -4.44. The van der Waals surface area contributed by atoms with Crippen LogP contribution in [0.25, 0.3) is 5.69 Å². The van der Waals surface area contributed by atoms with E-state index in [1.807, 2.05) is 31.4 Å². The smallest absolute Gasteiger partial charge is 0.264 e. The molecular weight excluding hydrogens is 531 g/mol. The maximum atomic E-state index is 13.7. The minimum absolute atomic E-state index is 0.0499. The summed E-state index contributed by atoms with van der Waals surface area (Å²) in [5.74, 6) is -0.617. The monoisotopic (exact) mass is 562 g/mol. The van der Waals surface area contributed by atoms with Gasteiger partial charge in [0.1, 0.15) is 18.1 Å². The Balaban J connectivity index is 1.58. The van der Waals surface area contributed by atoms with Gasteiger partial charge in [-0.3, -0.25) is 9.10 Å². The van der Waals surface area contributed by atoms with Crippen LogP contribution in [0.3, 0.4) is 0 Å². The lowest BCUT2D eigenvalue weighted by atomic mass is 10.2. The van der Waals surface area contributed by atoms with Gasteiger partial charge < -0.3 is 9.30 Å². The Labute approximate surface area is 233 Å². The number of carbonyl (C=O) groups is 1. The molecule has 0 bridgehead atoms. The highest BCUT2D eigenvalue weighted by molar-refractivity contribution is 7.92. The molecule has 0 spiro atoms. The topological polar surface area (TPSA) is 93.0 Å². The highest BCUT2D eigenvalue weighted by Gasteiger charge is 2.29. The Morgan fingerprint density at radius 3 is 2.38 bits per heavy atom. The fourth-order valence-electron chi connectivity index (χ4n) is 4.32. The molecule has 10 heteroatoms. The minimum Gasteiger partial charge on any atom is -0.492 e. The van der Waals surface area contributed by atoms with Crippen molar-refractivity contribution in [2.45, 2.75) is 32.6 Å². The number of para-hydroxylation sites is 2. The van der Waals surface area contributed by atoms with Crippen LogP contribution >= 0.6 is 0 Å². The normalized spacial score (nSPS) is 11.5. The second-order valence-electron chi connectivity index (χ2n) is 9.16. The van der Waals surface area contributed by atoms with E-state index >= 15 is 0 Å². The van der Waals surface area contributed by atoms with Gasteiger partial charge in [-0.25, -0.2) is 18.2 Å². The average Bonchev–Trinajstić information content (AvgIpc) is 3.21. The first kappa shape index (κ1) is 28.6. The Bertz CT molecular complexity index is 1630. The summed E-state index contributed by atoms with van der Waals surface area (Å²) in [6.45, 7) is 7.26. The van der Waals surface area contributed by atoms with Crippen molar-refractivity contribution in [2.75, 3.05) is 17.5 Å². The number of sulfonamides is 1. The number of nitrogens with zero attached hydrogens (tertiary/aromatic N) is 3. The largest absolute Gasteiger partial charge is 0.492 e. The van der Waals surface area contributed by atoms with Gasteiger partial charge in [0.25, 0.3) is 15.9 Å². The molecule has 0 fully saturated rings. The lowest BCUT2D eigenvalue weighted by Crippen LogP contribution is -2.39. The molecule has 0 unspecified atom stereocenters. The van der Waals surface area contributed by atoms with Crippen LogP contribution in [0.15, 0.2) is 88.9 Å². The van der Waals surface area contributed by atoms with Gasteiger partial charge in [-0.15, -0.1) is 0 Å². The molecule has 4 rings (SSSR count). The van der Waals surface area contributed by atoms with Crippen LogP contribution in [0.1, 0.15) is 29.4 Å². The quantitative estimate of drug-likeness (QED) is 0.210. The van der Waals surface area contributed by atoms with Crippen molar-refractivity contribution in [2.24, 2.45) is 5.10 Å². The van der Waals surface area contributed by atoms with Crippen molar-refractivity contribution in [1.82, 2.24) is 9.99 Å². The molecule has 0 aliphatic rings. The predicted molar refractivity (Wildman–Crippen MR) is 154 cm³/mol. The number of halogens is 1. The molecule has 0 aliphatic carbocycles. The molecule has 0 saturated heterocycles. The number of nitrogens with one attached hydrogen (secondary N) is 1. The van der Waals surface area contributed by atoms with Gasteiger partial charge >= 0.3 is 0 Å². The number of benzene rings is 3. The number of aryl methyl sites for hydroxylation is 2. The number of amides is 1. The summed E-state index contributed by atoms with van der Waals surface area (Å²) in [5.41, 5.74) is 6.88. The van der Waals surface area contributed by atoms with Gasteiger partial charge in [-0.2, -0.15) is 5.10 Å². The fourth-order valence-corrected chi connectivity index (χ4v) is 5.75. The van der Waals surface area contributed by atoms with Gasteiger partial charge in [0.05, 0.1) is 23.4 Å². The van der Waals surface area contributed by atoms with E-state index in [4.69, 9.17) is 4.74 Å². The first-order valence-corrected chi connectivity index (χ1v) is 14.1. The van der Waals surface area contributed by atoms with E-state index in [1.54, 1.807) is 55.5 Å². The van der Waals surface area contributed by atoms with E-state index in [2.05, 4.69) is 10.5 Å². The zero-order chi connectivity index (χ0) is 28.9. The molecule has 1 heterocycles. The molecule has 1 N–H and O–H groups in total. The Kier molecular flexibility index (Phi) is 8.69. The molecule has 40 heavy (non-hydrogen) atoms. The van der Waals surface area contributed by atoms with Crippen molar-refractivity contribution in [3.8, 4) is 11.4 Å². The number of hydrazone groups is 1. The van der Waals surface area contributed by atoms with Gasteiger partial charge in [-0.1, -0.05) is 29.8 Å². The van der Waals surface area contributed by atoms with Crippen LogP contribution in [0.4, 0.5) is 10.1 Å². The summed E-state index contributed by atoms with van der Waals surface area (Å²) >= 11 is 0. The lowest BCUT2D eigenvalue weighted by Gasteiger charge is -2.25. The number of hydrogen-bond donors (Lipinski definition) is 1. The molecule has 1 aromatic heterocycles. The van der Waals surface area contributed by atoms with Crippen molar-refractivity contribution in [1.29, 1.82) is 0 Å². The number of ether oxygens (including phenoxy) is 1. The van der Waals surface area contributed by atoms with Crippen LogP contribution < -0.4 is 14.5 Å². The third-order valence-electron chi connectivity index (χ3n) is 6.28. The number of hydrogen-bond acceptors (Lipinski definition) is 5. The van der Waals surface area contributed by atoms with E-state index in [0.29, 0.717) is 12.4 Å². The Morgan fingerprint density at radius 2 is 1.70 bits per heavy atom. The molecule has 0 aliphatic heterocycles. The summed E-state index contributed by atoms with van der Waals surface area (Å²) in [6.07, 6.45) is 1.49. The van der Waals surface area contributed by atoms with Crippen molar-refractivity contribution in [3.05, 3.63) is 107 Å². The average molecular weight is 563 g/mol. The van der Waals surface area contributed by atoms with E-state index in [1.165, 1.54) is 30.5 Å². The maximum absolute atomic E-state index is 13.7. The van der Waals surface area contributed by atoms with Crippen LogP contribution in [0.5, 0.6) is 5.75 Å². The SMILES string of the molecule is CCOc1ccccc1N(CC(=O)N/N=C\c1cc(C)n(-c2ccc(F)cc2)c1C)S(=O)(=O)c1ccc(C)cc1. The molecule has 0 radical (unpaired) electrons. The molecule has 0 atom stereocenters. The minimum atomic E-state index is -4.12. The maximum Gasteiger partial charge on any atom is 0.264 e. The molecule has 4 aromatic rings. The highest BCUT2D eigenvalue weighted by atomic mass is 32.2. The highest BCUT2D eigenvalue weighted by Crippen LogP contribution is 2.32. The van der Waals surface area contributed by atoms with Crippen molar-refractivity contribution in [3.63, 3.8) is 0 Å². The summed E-state index contributed by atoms with van der Waals surface area (Å²) in [7, 11) is -4.12. The number of anilines is 1. The molecule has 3 aromatic carbocycles. The second-order valence-corrected chi connectivity index (χ2v) is 11.0. The van der Waals surface area contributed by atoms with Gasteiger partial charge in [0, 0.05) is 22.6 Å². The molecule has 208 valence electrons. The molecular formula is C30H31FN4O4S. The Morgan fingerprint density at radius 1 is 1.02 bits per heavy atom. The zero-order valence-corrected chi connectivity index (χ0v) is 23.6. The van der Waals surface area contributed by atoms with E-state index in [9.17, 15) is 17.6 Å². The third kappa shape index (κ3) is 6.23. The van der Waals surface area contributed by atoms with Crippen LogP contribution in [0.2, 0.25) is 0 Å². The van der Waals surface area contributed by atoms with Crippen LogP contribution in [-0.2, 0) is 14.8 Å². The van der Waals surface area contributed by atoms with Gasteiger partial charge in [0.2, 0.25) is 0 Å². The van der Waals surface area contributed by atoms with Crippen LogP contribution in [-0.4, -0.2) is 38.3 Å². The van der Waals surface area contributed by atoms with Crippen molar-refractivity contribution >= 4 is 27.8 Å². The second kappa shape index (κ2) is 12.2. The standard InChI is InChI=1S/C30H31FN4O4S/c1-5-39-29-9-7-6-8-28(29)34(40(37,38)27-16-10-21(2)11-17-27)20-30(36)33-32-19-24-18-22(3)35(23(24)4)26-14-12-25(31)13-15-26/h6-19H,5,20H2,1-4H3,(H,33,36)/b32-19-. The van der Waals surface area contributed by atoms with Gasteiger partial charge in [0.15, 0.2) is 0 Å². The fraction of sp³-hybridized carbons (Fsp3) is 0.200.